The lowest BCUT2D eigenvalue weighted by Gasteiger charge is -2.20. The summed E-state index contributed by atoms with van der Waals surface area (Å²) in [4.78, 5) is 4.78. The Hall–Kier alpha value is -0.540. The van der Waals surface area contributed by atoms with Gasteiger partial charge in [0.2, 0.25) is 0 Å². The van der Waals surface area contributed by atoms with E-state index in [1.54, 1.807) is 0 Å². The lowest BCUT2D eigenvalue weighted by Crippen LogP contribution is -2.08. The van der Waals surface area contributed by atoms with Gasteiger partial charge in [0, 0.05) is 7.18 Å². The molecular weight excluding hydrogens is 258 g/mol. The molecule has 1 heterocycles. The van der Waals surface area contributed by atoms with Gasteiger partial charge in [0.15, 0.2) is 4.34 Å². The Labute approximate surface area is 118 Å². The van der Waals surface area contributed by atoms with Gasteiger partial charge in [-0.25, -0.2) is 4.98 Å². The van der Waals surface area contributed by atoms with Gasteiger partial charge in [0.25, 0.3) is 0 Å². The average molecular weight is 279 g/mol. The highest BCUT2D eigenvalue weighted by Crippen LogP contribution is 2.34. The van der Waals surface area contributed by atoms with E-state index in [-0.39, 0.29) is 1.43 Å². The summed E-state index contributed by atoms with van der Waals surface area (Å²) in [7, 11) is 0. The summed E-state index contributed by atoms with van der Waals surface area (Å²) in [5.74, 6) is 2.19. The molecule has 0 radical (unpaired) electrons. The molecule has 1 nitrogen and oxygen atoms in total. The maximum Gasteiger partial charge on any atom is 0.151 e. The summed E-state index contributed by atoms with van der Waals surface area (Å²) >= 11 is 3.82. The van der Waals surface area contributed by atoms with Crippen molar-refractivity contribution in [1.82, 2.24) is 4.98 Å². The number of hydrogen-bond donors (Lipinski definition) is 0. The third kappa shape index (κ3) is 2.72. The molecule has 1 aliphatic rings. The topological polar surface area (TPSA) is 12.9 Å². The number of fused-ring (bicyclic) bond motifs is 1. The molecule has 1 aromatic heterocycles. The number of benzene rings is 1. The minimum Gasteiger partial charge on any atom is -0.229 e. The average Bonchev–Trinajstić information content (AvgIpc) is 2.82. The first-order chi connectivity index (χ1) is 8.83. The van der Waals surface area contributed by atoms with Crippen LogP contribution in [0.2, 0.25) is 0 Å². The van der Waals surface area contributed by atoms with Crippen molar-refractivity contribution < 1.29 is 1.43 Å². The molecular formula is C15H21NS2. The van der Waals surface area contributed by atoms with Crippen LogP contribution in [0.5, 0.6) is 0 Å². The van der Waals surface area contributed by atoms with Gasteiger partial charge in [-0.15, -0.1) is 11.3 Å². The highest BCUT2D eigenvalue weighted by molar-refractivity contribution is 8.01. The minimum atomic E-state index is 0. The summed E-state index contributed by atoms with van der Waals surface area (Å²) in [6.07, 6.45) is 7.17. The monoisotopic (exact) mass is 279 g/mol. The summed E-state index contributed by atoms with van der Waals surface area (Å²) in [5, 5.41) is 0. The van der Waals surface area contributed by atoms with Crippen molar-refractivity contribution in [3.8, 4) is 0 Å². The molecule has 2 aromatic rings. The number of aromatic nitrogens is 1. The Morgan fingerprint density at radius 1 is 1.33 bits per heavy atom. The Morgan fingerprint density at radius 3 is 2.94 bits per heavy atom. The zero-order chi connectivity index (χ0) is 12.4. The number of hydrogen-bond acceptors (Lipinski definition) is 3. The van der Waals surface area contributed by atoms with Gasteiger partial charge in [-0.3, -0.25) is 0 Å². The second kappa shape index (κ2) is 5.62. The molecule has 1 aliphatic carbocycles. The first kappa shape index (κ1) is 12.5. The molecule has 98 valence electrons. The zero-order valence-corrected chi connectivity index (χ0v) is 12.4. The largest absolute Gasteiger partial charge is 0.229 e. The fourth-order valence-corrected chi connectivity index (χ4v) is 5.02. The van der Waals surface area contributed by atoms with E-state index in [9.17, 15) is 0 Å². The number of thioether (sulfide) groups is 1. The summed E-state index contributed by atoms with van der Waals surface area (Å²) in [6, 6.07) is 6.47. The molecule has 1 saturated carbocycles. The fourth-order valence-electron chi connectivity index (χ4n) is 2.67. The number of nitrogens with zero attached hydrogens (tertiary/aromatic N) is 1. The van der Waals surface area contributed by atoms with Crippen molar-refractivity contribution in [3.63, 3.8) is 0 Å². The van der Waals surface area contributed by atoms with Crippen LogP contribution in [0.25, 0.3) is 10.2 Å². The van der Waals surface area contributed by atoms with E-state index in [1.807, 2.05) is 23.1 Å². The first-order valence-corrected chi connectivity index (χ1v) is 8.62. The number of rotatable bonds is 3. The molecule has 3 heteroatoms. The van der Waals surface area contributed by atoms with E-state index in [0.29, 0.717) is 0 Å². The number of para-hydroxylation sites is 1. The smallest absolute Gasteiger partial charge is 0.151 e. The van der Waals surface area contributed by atoms with Crippen molar-refractivity contribution in [2.45, 2.75) is 43.4 Å². The van der Waals surface area contributed by atoms with Crippen LogP contribution in [0.15, 0.2) is 22.5 Å². The van der Waals surface area contributed by atoms with E-state index in [2.05, 4.69) is 25.1 Å². The molecule has 18 heavy (non-hydrogen) atoms. The predicted molar refractivity (Wildman–Crippen MR) is 83.8 cm³/mol. The normalized spacial score (nSPS) is 17.4. The van der Waals surface area contributed by atoms with Crippen LogP contribution in [0.1, 0.15) is 39.1 Å². The van der Waals surface area contributed by atoms with Crippen molar-refractivity contribution in [2.24, 2.45) is 5.92 Å². The molecule has 1 aromatic carbocycles. The van der Waals surface area contributed by atoms with Gasteiger partial charge in [-0.2, -0.15) is 0 Å². The Morgan fingerprint density at radius 2 is 2.17 bits per heavy atom. The van der Waals surface area contributed by atoms with E-state index in [0.717, 1.165) is 5.92 Å². The van der Waals surface area contributed by atoms with Crippen LogP contribution in [0.3, 0.4) is 0 Å². The number of aryl methyl sites for hydroxylation is 1. The van der Waals surface area contributed by atoms with Crippen LogP contribution in [-0.2, 0) is 0 Å². The quantitative estimate of drug-likeness (QED) is 0.686. The highest BCUT2D eigenvalue weighted by atomic mass is 32.2. The van der Waals surface area contributed by atoms with Gasteiger partial charge in [0.05, 0.1) is 10.2 Å². The lowest BCUT2D eigenvalue weighted by atomic mass is 9.91. The van der Waals surface area contributed by atoms with Gasteiger partial charge >= 0.3 is 0 Å². The molecule has 0 spiro atoms. The van der Waals surface area contributed by atoms with E-state index in [4.69, 9.17) is 4.98 Å². The van der Waals surface area contributed by atoms with Crippen LogP contribution in [-0.4, -0.2) is 10.7 Å². The molecule has 0 amide bonds. The maximum atomic E-state index is 4.78. The maximum absolute atomic E-state index is 4.78. The summed E-state index contributed by atoms with van der Waals surface area (Å²) in [6.45, 7) is 2.15. The molecule has 0 N–H and O–H groups in total. The fraction of sp³-hybridized carbons (Fsp3) is 0.533. The van der Waals surface area contributed by atoms with Crippen molar-refractivity contribution in [1.29, 1.82) is 0 Å². The molecule has 1 fully saturated rings. The Balaban J connectivity index is 0.00000133. The van der Waals surface area contributed by atoms with Gasteiger partial charge < -0.3 is 0 Å². The lowest BCUT2D eigenvalue weighted by molar-refractivity contribution is 0.391. The van der Waals surface area contributed by atoms with Crippen molar-refractivity contribution in [2.75, 3.05) is 5.75 Å². The van der Waals surface area contributed by atoms with Gasteiger partial charge in [-0.05, 0) is 37.3 Å². The van der Waals surface area contributed by atoms with Crippen LogP contribution < -0.4 is 0 Å². The first-order valence-electron chi connectivity index (χ1n) is 6.82. The van der Waals surface area contributed by atoms with Gasteiger partial charge in [-0.1, -0.05) is 43.2 Å². The summed E-state index contributed by atoms with van der Waals surface area (Å²) < 4.78 is 2.59. The van der Waals surface area contributed by atoms with E-state index >= 15 is 0 Å². The Bertz CT molecular complexity index is 532. The van der Waals surface area contributed by atoms with Crippen LogP contribution >= 0.6 is 23.1 Å². The predicted octanol–water partition coefficient (Wildman–Crippen LogP) is 5.52. The molecule has 0 atom stereocenters. The zero-order valence-electron chi connectivity index (χ0n) is 10.8. The summed E-state index contributed by atoms with van der Waals surface area (Å²) in [5.41, 5.74) is 2.50. The minimum absolute atomic E-state index is 0. The van der Waals surface area contributed by atoms with Crippen LogP contribution in [0, 0.1) is 12.8 Å². The van der Waals surface area contributed by atoms with E-state index < -0.39 is 0 Å². The highest BCUT2D eigenvalue weighted by Gasteiger charge is 2.15. The Kier molecular flexibility index (Phi) is 3.90. The van der Waals surface area contributed by atoms with Crippen LogP contribution in [0.4, 0.5) is 0 Å². The van der Waals surface area contributed by atoms with E-state index in [1.165, 1.54) is 58.0 Å². The number of thiazole rings is 1. The molecule has 0 saturated heterocycles. The SMILES string of the molecule is Cc1cccc2sc(SCC3CCCCC3)nc12.[HH]. The molecule has 0 unspecified atom stereocenters. The molecule has 0 bridgehead atoms. The van der Waals surface area contributed by atoms with Gasteiger partial charge in [0.1, 0.15) is 0 Å². The second-order valence-corrected chi connectivity index (χ2v) is 7.51. The van der Waals surface area contributed by atoms with Crippen molar-refractivity contribution >= 4 is 33.3 Å². The standard InChI is InChI=1S/C15H19NS2.H2/c1-11-6-5-9-13-14(11)16-15(18-13)17-10-12-7-3-2-4-8-12;/h5-6,9,12H,2-4,7-8,10H2,1H3;1H. The third-order valence-electron chi connectivity index (χ3n) is 3.77. The third-order valence-corrected chi connectivity index (χ3v) is 6.16. The van der Waals surface area contributed by atoms with Crippen molar-refractivity contribution in [3.05, 3.63) is 23.8 Å². The second-order valence-electron chi connectivity index (χ2n) is 5.22. The molecule has 3 rings (SSSR count). The molecule has 0 aliphatic heterocycles.